The number of ether oxygens (including phenoxy) is 2. The van der Waals surface area contributed by atoms with E-state index in [9.17, 15) is 14.4 Å². The van der Waals surface area contributed by atoms with Crippen LogP contribution in [0.25, 0.3) is 6.08 Å². The molecule has 7 heteroatoms. The molecule has 158 valence electrons. The van der Waals surface area contributed by atoms with Gasteiger partial charge in [-0.15, -0.1) is 0 Å². The molecule has 2 unspecified atom stereocenters. The van der Waals surface area contributed by atoms with Gasteiger partial charge in [-0.3, -0.25) is 15.0 Å². The van der Waals surface area contributed by atoms with Gasteiger partial charge in [0, 0.05) is 7.11 Å². The molecular formula is C22H30N2O5. The number of hydrogen-bond acceptors (Lipinski definition) is 5. The van der Waals surface area contributed by atoms with Gasteiger partial charge in [0.15, 0.2) is 0 Å². The summed E-state index contributed by atoms with van der Waals surface area (Å²) in [4.78, 5) is 38.2. The maximum Gasteiger partial charge on any atom is 0.364 e. The topological polar surface area (TPSA) is 84.9 Å². The van der Waals surface area contributed by atoms with Crippen LogP contribution in [0.15, 0.2) is 36.4 Å². The summed E-state index contributed by atoms with van der Waals surface area (Å²) in [5.41, 5.74) is -1.00. The van der Waals surface area contributed by atoms with Crippen molar-refractivity contribution in [2.45, 2.75) is 45.3 Å². The fraction of sp³-hybridized carbons (Fsp3) is 0.500. The Morgan fingerprint density at radius 2 is 2.00 bits per heavy atom. The standard InChI is InChI=1S/C22H30N2O5/c1-4-6-10-17(5-2)16-29-20(26)22(28-3,24-15-19(25)23-21(24)27)14-13-18-11-8-7-9-12-18/h7-9,11-14,17H,4-6,10,15-16H2,1-3H3,(H,23,25,27). The number of urea groups is 1. The van der Waals surface area contributed by atoms with Crippen molar-refractivity contribution in [3.8, 4) is 0 Å². The van der Waals surface area contributed by atoms with Crippen LogP contribution in [0.4, 0.5) is 4.79 Å². The number of unbranched alkanes of at least 4 members (excludes halogenated alkanes) is 1. The first-order chi connectivity index (χ1) is 14.0. The van der Waals surface area contributed by atoms with Crippen LogP contribution in [0.2, 0.25) is 0 Å². The highest BCUT2D eigenvalue weighted by atomic mass is 16.6. The van der Waals surface area contributed by atoms with Crippen LogP contribution in [0.5, 0.6) is 0 Å². The Morgan fingerprint density at radius 1 is 1.28 bits per heavy atom. The first-order valence-corrected chi connectivity index (χ1v) is 10.0. The lowest BCUT2D eigenvalue weighted by molar-refractivity contribution is -0.179. The van der Waals surface area contributed by atoms with E-state index in [1.165, 1.54) is 13.2 Å². The van der Waals surface area contributed by atoms with Crippen LogP contribution in [-0.2, 0) is 19.1 Å². The summed E-state index contributed by atoms with van der Waals surface area (Å²) in [6, 6.07) is 8.62. The molecule has 1 aliphatic heterocycles. The molecule has 1 saturated heterocycles. The molecule has 1 N–H and O–H groups in total. The van der Waals surface area contributed by atoms with E-state index < -0.39 is 23.6 Å². The minimum atomic E-state index is -1.82. The molecule has 0 bridgehead atoms. The molecule has 3 amide bonds. The highest BCUT2D eigenvalue weighted by molar-refractivity contribution is 6.04. The van der Waals surface area contributed by atoms with E-state index in [1.807, 2.05) is 30.3 Å². The molecule has 1 aromatic carbocycles. The average molecular weight is 402 g/mol. The zero-order valence-electron chi connectivity index (χ0n) is 17.3. The number of hydrogen-bond donors (Lipinski definition) is 1. The summed E-state index contributed by atoms with van der Waals surface area (Å²) in [6.07, 6.45) is 7.12. The molecule has 0 saturated carbocycles. The van der Waals surface area contributed by atoms with Gasteiger partial charge in [-0.05, 0) is 24.0 Å². The number of nitrogens with zero attached hydrogens (tertiary/aromatic N) is 1. The molecule has 29 heavy (non-hydrogen) atoms. The monoisotopic (exact) mass is 402 g/mol. The summed E-state index contributed by atoms with van der Waals surface area (Å²) in [5.74, 6) is -0.973. The van der Waals surface area contributed by atoms with Gasteiger partial charge in [0.25, 0.3) is 5.72 Å². The van der Waals surface area contributed by atoms with Gasteiger partial charge in [-0.1, -0.05) is 69.5 Å². The number of carbonyl (C=O) groups excluding carboxylic acids is 3. The van der Waals surface area contributed by atoms with E-state index in [1.54, 1.807) is 6.08 Å². The molecule has 0 radical (unpaired) electrons. The highest BCUT2D eigenvalue weighted by Gasteiger charge is 2.50. The highest BCUT2D eigenvalue weighted by Crippen LogP contribution is 2.25. The second kappa shape index (κ2) is 10.8. The van der Waals surface area contributed by atoms with E-state index in [4.69, 9.17) is 9.47 Å². The van der Waals surface area contributed by atoms with E-state index in [0.717, 1.165) is 36.1 Å². The van der Waals surface area contributed by atoms with Crippen LogP contribution < -0.4 is 5.32 Å². The first kappa shape index (κ1) is 22.6. The smallest absolute Gasteiger partial charge is 0.364 e. The molecule has 1 aliphatic rings. The van der Waals surface area contributed by atoms with Crippen molar-refractivity contribution < 1.29 is 23.9 Å². The predicted octanol–water partition coefficient (Wildman–Crippen LogP) is 3.35. The molecule has 0 spiro atoms. The van der Waals surface area contributed by atoms with Gasteiger partial charge in [0.1, 0.15) is 6.54 Å². The lowest BCUT2D eigenvalue weighted by Crippen LogP contribution is -2.57. The molecule has 0 aliphatic carbocycles. The quantitative estimate of drug-likeness (QED) is 0.453. The SMILES string of the molecule is CCCCC(CC)COC(=O)C(C=Cc1ccccc1)(OC)N1CC(=O)NC1=O. The minimum Gasteiger partial charge on any atom is -0.462 e. The lowest BCUT2D eigenvalue weighted by atomic mass is 10.0. The number of amides is 3. The summed E-state index contributed by atoms with van der Waals surface area (Å²) >= 11 is 0. The number of imide groups is 1. The van der Waals surface area contributed by atoms with Crippen molar-refractivity contribution in [3.63, 3.8) is 0 Å². The maximum atomic E-state index is 13.1. The van der Waals surface area contributed by atoms with E-state index in [0.29, 0.717) is 0 Å². The third-order valence-corrected chi connectivity index (χ3v) is 5.09. The number of nitrogens with one attached hydrogen (secondary N) is 1. The third-order valence-electron chi connectivity index (χ3n) is 5.09. The third kappa shape index (κ3) is 5.67. The van der Waals surface area contributed by atoms with Gasteiger partial charge in [-0.2, -0.15) is 0 Å². The number of rotatable bonds is 11. The van der Waals surface area contributed by atoms with Gasteiger partial charge in [0.2, 0.25) is 5.91 Å². The van der Waals surface area contributed by atoms with Gasteiger partial charge >= 0.3 is 12.0 Å². The summed E-state index contributed by atoms with van der Waals surface area (Å²) in [7, 11) is 1.32. The molecule has 1 heterocycles. The van der Waals surface area contributed by atoms with Crippen LogP contribution in [-0.4, -0.2) is 48.8 Å². The largest absolute Gasteiger partial charge is 0.462 e. The first-order valence-electron chi connectivity index (χ1n) is 10.0. The minimum absolute atomic E-state index is 0.237. The Balaban J connectivity index is 2.27. The average Bonchev–Trinajstić information content (AvgIpc) is 3.08. The van der Waals surface area contributed by atoms with Crippen molar-refractivity contribution in [3.05, 3.63) is 42.0 Å². The number of esters is 1. The van der Waals surface area contributed by atoms with Crippen molar-refractivity contribution >= 4 is 24.0 Å². The van der Waals surface area contributed by atoms with E-state index >= 15 is 0 Å². The summed E-state index contributed by atoms with van der Waals surface area (Å²) < 4.78 is 11.1. The molecule has 1 aromatic rings. The number of carbonyl (C=O) groups is 3. The van der Waals surface area contributed by atoms with Crippen molar-refractivity contribution in [1.82, 2.24) is 10.2 Å². The Hall–Kier alpha value is -2.67. The lowest BCUT2D eigenvalue weighted by Gasteiger charge is -2.34. The van der Waals surface area contributed by atoms with Crippen molar-refractivity contribution in [1.29, 1.82) is 0 Å². The zero-order chi connectivity index (χ0) is 21.3. The molecule has 2 rings (SSSR count). The van der Waals surface area contributed by atoms with Crippen molar-refractivity contribution in [2.24, 2.45) is 5.92 Å². The molecule has 2 atom stereocenters. The van der Waals surface area contributed by atoms with E-state index in [2.05, 4.69) is 19.2 Å². The van der Waals surface area contributed by atoms with Gasteiger partial charge in [0.05, 0.1) is 6.61 Å². The zero-order valence-corrected chi connectivity index (χ0v) is 17.3. The Morgan fingerprint density at radius 3 is 2.55 bits per heavy atom. The second-order valence-corrected chi connectivity index (χ2v) is 7.10. The van der Waals surface area contributed by atoms with Gasteiger partial charge in [-0.25, -0.2) is 9.59 Å². The molecule has 1 fully saturated rings. The molecule has 0 aromatic heterocycles. The second-order valence-electron chi connectivity index (χ2n) is 7.10. The normalized spacial score (nSPS) is 17.3. The summed E-state index contributed by atoms with van der Waals surface area (Å²) in [5, 5.41) is 2.19. The van der Waals surface area contributed by atoms with Crippen LogP contribution in [0.3, 0.4) is 0 Å². The van der Waals surface area contributed by atoms with Crippen LogP contribution >= 0.6 is 0 Å². The van der Waals surface area contributed by atoms with Gasteiger partial charge < -0.3 is 9.47 Å². The van der Waals surface area contributed by atoms with Crippen LogP contribution in [0.1, 0.15) is 45.1 Å². The predicted molar refractivity (Wildman–Crippen MR) is 110 cm³/mol. The molecular weight excluding hydrogens is 372 g/mol. The fourth-order valence-electron chi connectivity index (χ4n) is 3.21. The number of methoxy groups -OCH3 is 1. The van der Waals surface area contributed by atoms with E-state index in [-0.39, 0.29) is 19.1 Å². The van der Waals surface area contributed by atoms with Crippen molar-refractivity contribution in [2.75, 3.05) is 20.3 Å². The fourth-order valence-corrected chi connectivity index (χ4v) is 3.21. The Labute approximate surface area is 172 Å². The van der Waals surface area contributed by atoms with Crippen LogP contribution in [0, 0.1) is 5.92 Å². The number of benzene rings is 1. The Bertz CT molecular complexity index is 734. The Kier molecular flexibility index (Phi) is 8.39. The summed E-state index contributed by atoms with van der Waals surface area (Å²) in [6.45, 7) is 4.13. The molecule has 7 nitrogen and oxygen atoms in total. The maximum absolute atomic E-state index is 13.1.